The molecule has 0 spiro atoms. The number of alkyl halides is 5. The van der Waals surface area contributed by atoms with Crippen LogP contribution in [0.4, 0.5) is 21.2 Å². The Balaban J connectivity index is -0.000000240. The number of halogens is 5. The van der Waals surface area contributed by atoms with Crippen LogP contribution in [-0.4, -0.2) is 34.7 Å². The zero-order valence-electron chi connectivity index (χ0n) is 23.7. The molecule has 2 amide bonds. The normalized spacial score (nSPS) is 10.3. The van der Waals surface area contributed by atoms with Crippen molar-refractivity contribution in [1.29, 1.82) is 0 Å². The summed E-state index contributed by atoms with van der Waals surface area (Å²) >= 11 is 11.7. The maximum absolute atomic E-state index is 11.4. The first-order chi connectivity index (χ1) is 17.1. The number of amides is 2. The second-order valence-corrected chi connectivity index (χ2v) is 28.0. The summed E-state index contributed by atoms with van der Waals surface area (Å²) in [6.45, 7) is 16.9. The van der Waals surface area contributed by atoms with Gasteiger partial charge in [0.2, 0.25) is 0 Å². The van der Waals surface area contributed by atoms with Gasteiger partial charge in [0.05, 0.1) is 1.93 Å². The first-order valence-electron chi connectivity index (χ1n) is 11.1. The van der Waals surface area contributed by atoms with Crippen LogP contribution in [0.3, 0.4) is 0 Å². The zero-order chi connectivity index (χ0) is 30.2. The van der Waals surface area contributed by atoms with E-state index in [1.54, 1.807) is 51.4 Å². The molecule has 8 nitrogen and oxygen atoms in total. The number of nitrogens with one attached hydrogen (secondary N) is 2. The van der Waals surface area contributed by atoms with Gasteiger partial charge in [0, 0.05) is 53.8 Å². The van der Waals surface area contributed by atoms with Crippen molar-refractivity contribution >= 4 is 137 Å². The third-order valence-electron chi connectivity index (χ3n) is 2.79. The van der Waals surface area contributed by atoms with Crippen molar-refractivity contribution in [3.63, 3.8) is 0 Å². The van der Waals surface area contributed by atoms with Crippen LogP contribution in [0.2, 0.25) is 0 Å². The Hall–Kier alpha value is 1.87. The minimum absolute atomic E-state index is 0. The Morgan fingerprint density at radius 1 is 0.850 bits per heavy atom. The molecule has 0 radical (unpaired) electrons. The van der Waals surface area contributed by atoms with Gasteiger partial charge in [-0.1, -0.05) is 132 Å². The quantitative estimate of drug-likeness (QED) is 0.177. The Morgan fingerprint density at radius 2 is 1.25 bits per heavy atom. The molecular formula is C25H35I5N4O4W2-2. The van der Waals surface area contributed by atoms with Gasteiger partial charge in [-0.25, -0.2) is 9.59 Å². The molecular weight excluding hydrogens is 1420 g/mol. The molecule has 0 aliphatic rings. The van der Waals surface area contributed by atoms with Gasteiger partial charge in [-0.15, -0.1) is 11.6 Å². The minimum Gasteiger partial charge on any atom is -0.444 e. The second-order valence-electron chi connectivity index (χ2n) is 9.26. The molecule has 0 fully saturated rings. The number of hydrogen-bond donors (Lipinski definition) is 2. The van der Waals surface area contributed by atoms with Crippen LogP contribution < -0.4 is 10.6 Å². The summed E-state index contributed by atoms with van der Waals surface area (Å²) in [6.07, 6.45) is 2.11. The largest absolute Gasteiger partial charge is 0.444 e. The molecule has 0 saturated carbocycles. The molecule has 228 valence electrons. The third-order valence-corrected chi connectivity index (χ3v) is 2.79. The number of pyridine rings is 2. The molecule has 15 heteroatoms. The third kappa shape index (κ3) is 39.9. The Labute approximate surface area is 336 Å². The van der Waals surface area contributed by atoms with E-state index in [9.17, 15) is 9.59 Å². The van der Waals surface area contributed by atoms with Gasteiger partial charge in [0.15, 0.2) is 0 Å². The first-order valence-corrected chi connectivity index (χ1v) is 16.8. The van der Waals surface area contributed by atoms with Crippen molar-refractivity contribution in [2.45, 2.75) is 74.9 Å². The molecule has 0 bridgehead atoms. The average molecular weight is 1460 g/mol. The van der Waals surface area contributed by atoms with Crippen molar-refractivity contribution in [1.82, 2.24) is 9.97 Å². The number of rotatable bonds is 2. The summed E-state index contributed by atoms with van der Waals surface area (Å²) in [4.78, 5) is 30.5. The second kappa shape index (κ2) is 25.1. The van der Waals surface area contributed by atoms with Crippen molar-refractivity contribution < 1.29 is 61.2 Å². The fourth-order valence-electron chi connectivity index (χ4n) is 1.77. The van der Waals surface area contributed by atoms with Crippen LogP contribution in [0.1, 0.15) is 61.0 Å². The van der Waals surface area contributed by atoms with Crippen LogP contribution in [0.5, 0.6) is 0 Å². The van der Waals surface area contributed by atoms with Gasteiger partial charge in [-0.2, -0.15) is 24.3 Å². The molecule has 0 aliphatic carbocycles. The van der Waals surface area contributed by atoms with Crippen molar-refractivity contribution in [3.05, 3.63) is 48.3 Å². The van der Waals surface area contributed by atoms with Gasteiger partial charge in [0.25, 0.3) is 0 Å². The molecule has 0 aliphatic heterocycles. The van der Waals surface area contributed by atoms with Gasteiger partial charge in [-0.05, 0) is 55.4 Å². The molecule has 0 unspecified atom stereocenters. The Kier molecular flexibility index (Phi) is 30.6. The van der Waals surface area contributed by atoms with Gasteiger partial charge in [0.1, 0.15) is 10.6 Å². The average Bonchev–Trinajstić information content (AvgIpc) is 2.66. The number of carbonyl (C=O) groups is 2. The number of nitrogens with zero attached hydrogens (tertiary/aromatic N) is 2. The summed E-state index contributed by atoms with van der Waals surface area (Å²) in [5.74, 6) is 0.911. The fourth-order valence-corrected chi connectivity index (χ4v) is 1.77. The first kappa shape index (κ1) is 48.8. The predicted molar refractivity (Wildman–Crippen MR) is 199 cm³/mol. The zero-order valence-corrected chi connectivity index (χ0v) is 40.4. The van der Waals surface area contributed by atoms with Crippen LogP contribution in [0, 0.1) is 19.1 Å². The van der Waals surface area contributed by atoms with Crippen molar-refractivity contribution in [2.24, 2.45) is 0 Å². The van der Waals surface area contributed by atoms with E-state index in [1.165, 1.54) is 0 Å². The number of anilines is 2. The summed E-state index contributed by atoms with van der Waals surface area (Å²) in [7, 11) is 0. The molecule has 2 rings (SSSR count). The Morgan fingerprint density at radius 3 is 1.60 bits per heavy atom. The van der Waals surface area contributed by atoms with E-state index >= 15 is 0 Å². The molecule has 40 heavy (non-hydrogen) atoms. The summed E-state index contributed by atoms with van der Waals surface area (Å²) < 4.78 is 11.3. The van der Waals surface area contributed by atoms with Crippen molar-refractivity contribution in [3.8, 4) is 0 Å². The maximum atomic E-state index is 11.4. The predicted octanol–water partition coefficient (Wildman–Crippen LogP) is 9.93. The minimum atomic E-state index is -0.510. The van der Waals surface area contributed by atoms with Gasteiger partial charge >= 0.3 is 12.2 Å². The molecule has 0 atom stereocenters. The van der Waals surface area contributed by atoms with Gasteiger partial charge < -0.3 is 30.1 Å². The van der Waals surface area contributed by atoms with Crippen LogP contribution >= 0.6 is 113 Å². The summed E-state index contributed by atoms with van der Waals surface area (Å²) in [6, 6.07) is 10.6. The number of hydrogen-bond acceptors (Lipinski definition) is 6. The van der Waals surface area contributed by atoms with Crippen LogP contribution in [0.25, 0.3) is 0 Å². The fraction of sp³-hybridized carbons (Fsp3) is 0.520. The van der Waals surface area contributed by atoms with Crippen LogP contribution in [0.15, 0.2) is 30.6 Å². The molecule has 2 aromatic heterocycles. The monoisotopic (exact) mass is 1460 g/mol. The summed E-state index contributed by atoms with van der Waals surface area (Å²) in [5.41, 5.74) is -0.220. The van der Waals surface area contributed by atoms with E-state index < -0.39 is 23.4 Å². The molecule has 2 heterocycles. The number of aryl methyl sites for hydroxylation is 1. The smallest absolute Gasteiger partial charge is 0.402 e. The van der Waals surface area contributed by atoms with E-state index in [-0.39, 0.29) is 42.1 Å². The Bertz CT molecular complexity index is 948. The number of ether oxygens (including phenoxy) is 2. The van der Waals surface area contributed by atoms with E-state index in [2.05, 4.69) is 160 Å². The molecule has 0 saturated heterocycles. The molecule has 2 N–H and O–H groups in total. The number of carbonyl (C=O) groups excluding carboxylic acids is 2. The maximum Gasteiger partial charge on any atom is 0.402 e. The topological polar surface area (TPSA) is 102 Å². The van der Waals surface area contributed by atoms with E-state index in [4.69, 9.17) is 9.47 Å². The van der Waals surface area contributed by atoms with E-state index in [0.29, 0.717) is 11.1 Å². The van der Waals surface area contributed by atoms with Gasteiger partial charge in [-0.3, -0.25) is 0 Å². The van der Waals surface area contributed by atoms with E-state index in [0.717, 1.165) is 7.49 Å². The summed E-state index contributed by atoms with van der Waals surface area (Å²) in [5, 5.41) is 5.06. The SMILES string of the molecule is CC(C)(C)OC(=O)Nc1c[c-]ccn1.CC(I)(I)I.CC(I)I.Cc1[c-]ccnc1NC(=O)OC(C)(C)C.[W].[W]. The van der Waals surface area contributed by atoms with Crippen molar-refractivity contribution in [2.75, 3.05) is 10.6 Å². The number of aromatic nitrogens is 2. The van der Waals surface area contributed by atoms with Crippen LogP contribution in [-0.2, 0) is 51.6 Å². The standard InChI is InChI=1S/C11H15N2O2.C10H13N2O2.C2H3I3.C2H4I2.2W/c1-8-6-5-7-12-9(8)13-10(14)15-11(2,3)4;1-10(2,3)14-9(13)12-8-6-4-5-7-11-8;1-2(3,4)5;1-2(3)4;;/h5,7H,1-4H3,(H,12,13,14);5-7H,1-3H3,(H,11,12,13);1H3;2H,1H3;;/q2*-1;;;;. The molecule has 2 aromatic rings. The van der Waals surface area contributed by atoms with E-state index in [1.807, 2.05) is 27.7 Å². The molecule has 0 aromatic carbocycles.